The van der Waals surface area contributed by atoms with Crippen LogP contribution in [0.25, 0.3) is 0 Å². The number of nitrogens with one attached hydrogen (secondary N) is 2. The first kappa shape index (κ1) is 17.4. The molecule has 3 rings (SSSR count). The van der Waals surface area contributed by atoms with Gasteiger partial charge in [-0.2, -0.15) is 0 Å². The first-order valence-corrected chi connectivity index (χ1v) is 9.17. The Balaban J connectivity index is 1.69. The van der Waals surface area contributed by atoms with E-state index in [4.69, 9.17) is 4.74 Å². The lowest BCUT2D eigenvalue weighted by atomic mass is 9.91. The molecule has 1 aliphatic carbocycles. The van der Waals surface area contributed by atoms with Crippen molar-refractivity contribution in [2.45, 2.75) is 31.7 Å². The van der Waals surface area contributed by atoms with Crippen molar-refractivity contribution in [2.24, 2.45) is 11.3 Å². The van der Waals surface area contributed by atoms with Gasteiger partial charge in [0.2, 0.25) is 5.91 Å². The van der Waals surface area contributed by atoms with Gasteiger partial charge in [0.05, 0.1) is 19.6 Å². The van der Waals surface area contributed by atoms with E-state index in [1.807, 2.05) is 24.3 Å². The summed E-state index contributed by atoms with van der Waals surface area (Å²) in [6.07, 6.45) is 3.22. The van der Waals surface area contributed by atoms with E-state index in [1.54, 1.807) is 0 Å². The van der Waals surface area contributed by atoms with Gasteiger partial charge in [-0.1, -0.05) is 28.1 Å². The predicted octanol–water partition coefficient (Wildman–Crippen LogP) is 2.56. The van der Waals surface area contributed by atoms with Crippen LogP contribution < -0.4 is 10.6 Å². The summed E-state index contributed by atoms with van der Waals surface area (Å²) in [6.45, 7) is 1.97. The monoisotopic (exact) mass is 394 g/mol. The smallest absolute Gasteiger partial charge is 0.307 e. The summed E-state index contributed by atoms with van der Waals surface area (Å²) < 4.78 is 5.71. The highest BCUT2D eigenvalue weighted by atomic mass is 79.9. The van der Waals surface area contributed by atoms with Crippen LogP contribution in [0.4, 0.5) is 0 Å². The molecule has 6 heteroatoms. The van der Waals surface area contributed by atoms with E-state index in [9.17, 15) is 9.59 Å². The number of halogens is 1. The van der Waals surface area contributed by atoms with Crippen molar-refractivity contribution in [3.8, 4) is 0 Å². The second-order valence-corrected chi connectivity index (χ2v) is 7.68. The molecule has 1 aromatic rings. The fourth-order valence-electron chi connectivity index (χ4n) is 3.69. The first-order chi connectivity index (χ1) is 11.5. The van der Waals surface area contributed by atoms with Crippen LogP contribution in [0.3, 0.4) is 0 Å². The number of rotatable bonds is 5. The zero-order valence-corrected chi connectivity index (χ0v) is 15.4. The summed E-state index contributed by atoms with van der Waals surface area (Å²) in [4.78, 5) is 24.5. The fraction of sp³-hybridized carbons (Fsp3) is 0.556. The normalized spacial score (nSPS) is 22.7. The number of piperidine rings is 1. The van der Waals surface area contributed by atoms with Crippen LogP contribution in [0, 0.1) is 11.3 Å². The number of amides is 1. The topological polar surface area (TPSA) is 67.4 Å². The zero-order valence-electron chi connectivity index (χ0n) is 13.8. The van der Waals surface area contributed by atoms with E-state index in [2.05, 4.69) is 26.6 Å². The van der Waals surface area contributed by atoms with Gasteiger partial charge in [0, 0.05) is 10.4 Å². The van der Waals surface area contributed by atoms with E-state index in [1.165, 1.54) is 7.11 Å². The Morgan fingerprint density at radius 3 is 2.83 bits per heavy atom. The van der Waals surface area contributed by atoms with Gasteiger partial charge in [-0.05, 0) is 55.5 Å². The molecule has 5 nitrogen and oxygen atoms in total. The first-order valence-electron chi connectivity index (χ1n) is 8.37. The van der Waals surface area contributed by atoms with Crippen molar-refractivity contribution in [2.75, 3.05) is 20.2 Å². The Labute approximate surface area is 150 Å². The Morgan fingerprint density at radius 1 is 1.42 bits per heavy atom. The van der Waals surface area contributed by atoms with Gasteiger partial charge in [0.1, 0.15) is 0 Å². The molecule has 1 aromatic carbocycles. The lowest BCUT2D eigenvalue weighted by Gasteiger charge is -2.24. The number of hydrogen-bond acceptors (Lipinski definition) is 4. The van der Waals surface area contributed by atoms with Crippen molar-refractivity contribution in [1.82, 2.24) is 10.6 Å². The maximum Gasteiger partial charge on any atom is 0.307 e. The molecule has 1 aliphatic heterocycles. The molecule has 1 saturated carbocycles. The SMILES string of the molecule is COC(=O)CC(NC(=O)C1CC12CCNCC2)c1cccc(Br)c1. The number of hydrogen-bond donors (Lipinski definition) is 2. The molecule has 2 atom stereocenters. The summed E-state index contributed by atoms with van der Waals surface area (Å²) in [5, 5.41) is 6.43. The molecular formula is C18H23BrN2O3. The van der Waals surface area contributed by atoms with E-state index in [0.717, 1.165) is 42.4 Å². The van der Waals surface area contributed by atoms with Gasteiger partial charge in [0.25, 0.3) is 0 Å². The third-order valence-corrected chi connectivity index (χ3v) is 5.76. The Hall–Kier alpha value is -1.40. The molecule has 2 unspecified atom stereocenters. The highest BCUT2D eigenvalue weighted by Crippen LogP contribution is 2.58. The predicted molar refractivity (Wildman–Crippen MR) is 94.3 cm³/mol. The fourth-order valence-corrected chi connectivity index (χ4v) is 4.11. The highest BCUT2D eigenvalue weighted by Gasteiger charge is 2.57. The van der Waals surface area contributed by atoms with Crippen molar-refractivity contribution < 1.29 is 14.3 Å². The van der Waals surface area contributed by atoms with Gasteiger partial charge >= 0.3 is 5.97 Å². The summed E-state index contributed by atoms with van der Waals surface area (Å²) in [6, 6.07) is 7.32. The standard InChI is InChI=1S/C18H23BrN2O3/c1-24-16(22)10-15(12-3-2-4-13(19)9-12)21-17(23)14-11-18(14)5-7-20-8-6-18/h2-4,9,14-15,20H,5-8,10-11H2,1H3,(H,21,23). The largest absolute Gasteiger partial charge is 0.469 e. The van der Waals surface area contributed by atoms with Crippen LogP contribution >= 0.6 is 15.9 Å². The molecule has 2 fully saturated rings. The van der Waals surface area contributed by atoms with E-state index >= 15 is 0 Å². The van der Waals surface area contributed by atoms with Crippen LogP contribution in [-0.2, 0) is 14.3 Å². The minimum atomic E-state index is -0.359. The molecule has 0 radical (unpaired) electrons. The molecule has 2 N–H and O–H groups in total. The van der Waals surface area contributed by atoms with Crippen molar-refractivity contribution >= 4 is 27.8 Å². The highest BCUT2D eigenvalue weighted by molar-refractivity contribution is 9.10. The summed E-state index contributed by atoms with van der Waals surface area (Å²) in [5.41, 5.74) is 1.09. The third kappa shape index (κ3) is 3.81. The minimum Gasteiger partial charge on any atom is -0.469 e. The second kappa shape index (κ2) is 7.23. The van der Waals surface area contributed by atoms with Crippen LogP contribution in [0.15, 0.2) is 28.7 Å². The molecule has 0 aromatic heterocycles. The number of carbonyl (C=O) groups excluding carboxylic acids is 2. The lowest BCUT2D eigenvalue weighted by molar-refractivity contribution is -0.141. The van der Waals surface area contributed by atoms with Gasteiger partial charge in [0.15, 0.2) is 0 Å². The lowest BCUT2D eigenvalue weighted by Crippen LogP contribution is -2.36. The maximum atomic E-state index is 12.7. The summed E-state index contributed by atoms with van der Waals surface area (Å²) >= 11 is 3.44. The van der Waals surface area contributed by atoms with Gasteiger partial charge in [-0.25, -0.2) is 0 Å². The second-order valence-electron chi connectivity index (χ2n) is 6.77. The molecular weight excluding hydrogens is 372 g/mol. The number of ether oxygens (including phenoxy) is 1. The van der Waals surface area contributed by atoms with Gasteiger partial charge in [-0.15, -0.1) is 0 Å². The van der Waals surface area contributed by atoms with Crippen LogP contribution in [0.5, 0.6) is 0 Å². The number of benzene rings is 1. The Morgan fingerprint density at radius 2 is 2.17 bits per heavy atom. The van der Waals surface area contributed by atoms with E-state index < -0.39 is 0 Å². The van der Waals surface area contributed by atoms with E-state index in [-0.39, 0.29) is 35.7 Å². The molecule has 1 saturated heterocycles. The molecule has 130 valence electrons. The molecule has 0 bridgehead atoms. The Kier molecular flexibility index (Phi) is 5.25. The molecule has 1 amide bonds. The van der Waals surface area contributed by atoms with Crippen molar-refractivity contribution in [3.05, 3.63) is 34.3 Å². The average Bonchev–Trinajstić information content (AvgIpc) is 3.27. The number of carbonyl (C=O) groups is 2. The number of esters is 1. The quantitative estimate of drug-likeness (QED) is 0.753. The molecule has 24 heavy (non-hydrogen) atoms. The van der Waals surface area contributed by atoms with E-state index in [0.29, 0.717) is 0 Å². The third-order valence-electron chi connectivity index (χ3n) is 5.27. The van der Waals surface area contributed by atoms with Crippen molar-refractivity contribution in [1.29, 1.82) is 0 Å². The zero-order chi connectivity index (χ0) is 17.2. The van der Waals surface area contributed by atoms with Gasteiger partial charge in [-0.3, -0.25) is 9.59 Å². The summed E-state index contributed by atoms with van der Waals surface area (Å²) in [7, 11) is 1.37. The molecule has 1 spiro atoms. The van der Waals surface area contributed by atoms with Crippen molar-refractivity contribution in [3.63, 3.8) is 0 Å². The minimum absolute atomic E-state index is 0.0609. The average molecular weight is 395 g/mol. The number of methoxy groups -OCH3 is 1. The Bertz CT molecular complexity index is 628. The summed E-state index contributed by atoms with van der Waals surface area (Å²) in [5.74, 6) is -0.190. The molecule has 2 aliphatic rings. The van der Waals surface area contributed by atoms with Gasteiger partial charge < -0.3 is 15.4 Å². The van der Waals surface area contributed by atoms with Crippen LogP contribution in [0.1, 0.15) is 37.3 Å². The van der Waals surface area contributed by atoms with Crippen LogP contribution in [-0.4, -0.2) is 32.1 Å². The molecule has 1 heterocycles. The van der Waals surface area contributed by atoms with Crippen LogP contribution in [0.2, 0.25) is 0 Å². The maximum absolute atomic E-state index is 12.7.